The summed E-state index contributed by atoms with van der Waals surface area (Å²) >= 11 is 0. The number of hydrogen-bond donors (Lipinski definition) is 1. The molecule has 0 saturated carbocycles. The van der Waals surface area contributed by atoms with Crippen LogP contribution in [-0.2, 0) is 4.74 Å². The summed E-state index contributed by atoms with van der Waals surface area (Å²) in [5.41, 5.74) is -0.119. The maximum Gasteiger partial charge on any atom is 0.504 e. The van der Waals surface area contributed by atoms with Crippen LogP contribution in [0, 0.1) is 0 Å². The Morgan fingerprint density at radius 2 is 2.06 bits per heavy atom. The summed E-state index contributed by atoms with van der Waals surface area (Å²) in [6, 6.07) is 6.50. The van der Waals surface area contributed by atoms with Crippen LogP contribution in [-0.4, -0.2) is 24.3 Å². The van der Waals surface area contributed by atoms with Gasteiger partial charge in [0.1, 0.15) is 11.4 Å². The first kappa shape index (κ1) is 12.6. The van der Waals surface area contributed by atoms with E-state index in [1.165, 1.54) is 6.07 Å². The van der Waals surface area contributed by atoms with Crippen LogP contribution < -0.4 is 4.65 Å². The normalized spacial score (nSPS) is 10.8. The average molecular weight is 222 g/mol. The highest BCUT2D eigenvalue weighted by molar-refractivity contribution is 6.17. The van der Waals surface area contributed by atoms with Gasteiger partial charge in [-0.05, 0) is 39.0 Å². The largest absolute Gasteiger partial charge is 0.539 e. The van der Waals surface area contributed by atoms with Gasteiger partial charge in [0.2, 0.25) is 0 Å². The molecule has 1 aromatic carbocycles. The summed E-state index contributed by atoms with van der Waals surface area (Å²) in [6.45, 7) is 5.41. The van der Waals surface area contributed by atoms with Crippen LogP contribution in [0.25, 0.3) is 0 Å². The molecule has 0 unspecified atom stereocenters. The Bertz CT molecular complexity index is 370. The van der Waals surface area contributed by atoms with Crippen molar-refractivity contribution < 1.29 is 19.2 Å². The average Bonchev–Trinajstić information content (AvgIpc) is 2.16. The molecule has 86 valence electrons. The number of ether oxygens (including phenoxy) is 1. The Labute approximate surface area is 95.5 Å². The van der Waals surface area contributed by atoms with E-state index in [1.54, 1.807) is 39.0 Å². The van der Waals surface area contributed by atoms with Crippen LogP contribution in [0.1, 0.15) is 31.1 Å². The third-order valence-corrected chi connectivity index (χ3v) is 1.70. The molecule has 0 fully saturated rings. The zero-order valence-electron chi connectivity index (χ0n) is 9.69. The summed E-state index contributed by atoms with van der Waals surface area (Å²) in [5, 5.41) is 8.60. The highest BCUT2D eigenvalue weighted by atomic mass is 16.6. The first-order chi connectivity index (χ1) is 7.42. The first-order valence-corrected chi connectivity index (χ1v) is 4.99. The Morgan fingerprint density at radius 3 is 2.62 bits per heavy atom. The molecular formula is C11H15BO4. The van der Waals surface area contributed by atoms with E-state index in [9.17, 15) is 4.79 Å². The van der Waals surface area contributed by atoms with E-state index in [0.717, 1.165) is 0 Å². The van der Waals surface area contributed by atoms with Gasteiger partial charge in [-0.1, -0.05) is 6.07 Å². The summed E-state index contributed by atoms with van der Waals surface area (Å²) in [5.74, 6) is 0.0294. The van der Waals surface area contributed by atoms with Gasteiger partial charge in [0, 0.05) is 0 Å². The predicted octanol–water partition coefficient (Wildman–Crippen LogP) is 1.28. The fourth-order valence-electron chi connectivity index (χ4n) is 1.12. The molecule has 0 aliphatic heterocycles. The molecule has 1 N–H and O–H groups in total. The van der Waals surface area contributed by atoms with Crippen molar-refractivity contribution in [1.29, 1.82) is 0 Å². The van der Waals surface area contributed by atoms with E-state index in [-0.39, 0.29) is 0 Å². The third-order valence-electron chi connectivity index (χ3n) is 1.70. The molecule has 0 amide bonds. The third kappa shape index (κ3) is 3.94. The van der Waals surface area contributed by atoms with Gasteiger partial charge in [0.15, 0.2) is 0 Å². The van der Waals surface area contributed by atoms with Crippen LogP contribution in [0.2, 0.25) is 0 Å². The van der Waals surface area contributed by atoms with Gasteiger partial charge >= 0.3 is 13.7 Å². The van der Waals surface area contributed by atoms with Gasteiger partial charge in [-0.3, -0.25) is 0 Å². The van der Waals surface area contributed by atoms with Gasteiger partial charge in [-0.25, -0.2) is 4.79 Å². The second kappa shape index (κ2) is 5.03. The smallest absolute Gasteiger partial charge is 0.504 e. The highest BCUT2D eigenvalue weighted by Crippen LogP contribution is 2.16. The monoisotopic (exact) mass is 222 g/mol. The molecule has 1 aromatic rings. The van der Waals surface area contributed by atoms with Crippen molar-refractivity contribution >= 4 is 13.7 Å². The van der Waals surface area contributed by atoms with E-state index in [1.807, 2.05) is 0 Å². The van der Waals surface area contributed by atoms with Crippen LogP contribution in [0.5, 0.6) is 5.75 Å². The fourth-order valence-corrected chi connectivity index (χ4v) is 1.12. The zero-order valence-corrected chi connectivity index (χ0v) is 9.69. The molecule has 0 aliphatic rings. The van der Waals surface area contributed by atoms with Crippen LogP contribution >= 0.6 is 0 Å². The second-order valence-electron chi connectivity index (χ2n) is 4.30. The number of esters is 1. The molecule has 0 heterocycles. The summed E-state index contributed by atoms with van der Waals surface area (Å²) in [4.78, 5) is 11.7. The quantitative estimate of drug-likeness (QED) is 0.618. The summed E-state index contributed by atoms with van der Waals surface area (Å²) in [7, 11) is -0.419. The molecule has 0 aromatic heterocycles. The second-order valence-corrected chi connectivity index (χ2v) is 4.30. The van der Waals surface area contributed by atoms with Crippen molar-refractivity contribution in [3.63, 3.8) is 0 Å². The number of carbonyl (C=O) groups is 1. The van der Waals surface area contributed by atoms with E-state index >= 15 is 0 Å². The van der Waals surface area contributed by atoms with E-state index < -0.39 is 19.3 Å². The SMILES string of the molecule is CC(C)(C)OC(=O)c1cccc(OBO)c1. The Morgan fingerprint density at radius 1 is 1.38 bits per heavy atom. The minimum atomic E-state index is -0.523. The molecule has 0 spiro atoms. The van der Waals surface area contributed by atoms with Crippen molar-refractivity contribution in [2.45, 2.75) is 26.4 Å². The minimum absolute atomic E-state index is 0.404. The van der Waals surface area contributed by atoms with Crippen molar-refractivity contribution in [3.05, 3.63) is 29.8 Å². The lowest BCUT2D eigenvalue weighted by Crippen LogP contribution is -2.23. The minimum Gasteiger partial charge on any atom is -0.539 e. The molecule has 16 heavy (non-hydrogen) atoms. The molecule has 1 rings (SSSR count). The van der Waals surface area contributed by atoms with Gasteiger partial charge in [0.05, 0.1) is 5.56 Å². The van der Waals surface area contributed by atoms with Crippen LogP contribution in [0.4, 0.5) is 0 Å². The molecule has 0 saturated heterocycles. The number of rotatable bonds is 3. The zero-order chi connectivity index (χ0) is 12.2. The lowest BCUT2D eigenvalue weighted by molar-refractivity contribution is 0.00692. The van der Waals surface area contributed by atoms with Gasteiger partial charge in [0.25, 0.3) is 0 Å². The number of benzene rings is 1. The van der Waals surface area contributed by atoms with Crippen LogP contribution in [0.3, 0.4) is 0 Å². The predicted molar refractivity (Wildman–Crippen MR) is 61.6 cm³/mol. The summed E-state index contributed by atoms with van der Waals surface area (Å²) < 4.78 is 10.1. The van der Waals surface area contributed by atoms with Crippen molar-refractivity contribution in [3.8, 4) is 5.75 Å². The molecule has 4 nitrogen and oxygen atoms in total. The van der Waals surface area contributed by atoms with Crippen molar-refractivity contribution in [2.24, 2.45) is 0 Å². The molecule has 0 radical (unpaired) electrons. The lowest BCUT2D eigenvalue weighted by Gasteiger charge is -2.19. The lowest BCUT2D eigenvalue weighted by atomic mass is 10.1. The Kier molecular flexibility index (Phi) is 3.96. The number of carbonyl (C=O) groups excluding carboxylic acids is 1. The molecule has 0 bridgehead atoms. The Hall–Kier alpha value is -1.49. The van der Waals surface area contributed by atoms with E-state index in [4.69, 9.17) is 14.4 Å². The molecular weight excluding hydrogens is 207 g/mol. The van der Waals surface area contributed by atoms with Crippen molar-refractivity contribution in [2.75, 3.05) is 0 Å². The maximum atomic E-state index is 11.7. The van der Waals surface area contributed by atoms with Gasteiger partial charge in [-0.15, -0.1) is 0 Å². The fraction of sp³-hybridized carbons (Fsp3) is 0.364. The topological polar surface area (TPSA) is 55.8 Å². The van der Waals surface area contributed by atoms with Crippen molar-refractivity contribution in [1.82, 2.24) is 0 Å². The highest BCUT2D eigenvalue weighted by Gasteiger charge is 2.17. The molecule has 0 aliphatic carbocycles. The maximum absolute atomic E-state index is 11.7. The molecule has 5 heteroatoms. The van der Waals surface area contributed by atoms with Gasteiger partial charge < -0.3 is 14.4 Å². The Balaban J connectivity index is 2.79. The van der Waals surface area contributed by atoms with Crippen LogP contribution in [0.15, 0.2) is 24.3 Å². The van der Waals surface area contributed by atoms with Gasteiger partial charge in [-0.2, -0.15) is 0 Å². The molecule has 0 atom stereocenters. The summed E-state index contributed by atoms with van der Waals surface area (Å²) in [6.07, 6.45) is 0. The first-order valence-electron chi connectivity index (χ1n) is 4.99. The standard InChI is InChI=1S/C11H15BO4/c1-11(2,3)15-10(13)8-5-4-6-9(7-8)16-12-14/h4-7,12,14H,1-3H3. The number of hydrogen-bond acceptors (Lipinski definition) is 4. The van der Waals surface area contributed by atoms with E-state index in [0.29, 0.717) is 11.3 Å². The van der Waals surface area contributed by atoms with E-state index in [2.05, 4.69) is 0 Å².